The van der Waals surface area contributed by atoms with Crippen LogP contribution in [0, 0.1) is 6.92 Å². The average Bonchev–Trinajstić information content (AvgIpc) is 3.65. The lowest BCUT2D eigenvalue weighted by atomic mass is 9.94. The Kier molecular flexibility index (Phi) is 5.53. The molecule has 47 heavy (non-hydrogen) atoms. The molecule has 8 aromatic carbocycles. The van der Waals surface area contributed by atoms with Gasteiger partial charge in [0.2, 0.25) is 0 Å². The fraction of sp³-hybridized carbons (Fsp3) is 0.0222. The lowest BCUT2D eigenvalue weighted by Gasteiger charge is -2.12. The number of benzene rings is 8. The summed E-state index contributed by atoms with van der Waals surface area (Å²) < 4.78 is 4.86. The molecule has 0 bridgehead atoms. The maximum atomic E-state index is 2.47. The second-order valence-corrected chi connectivity index (χ2v) is 12.6. The van der Waals surface area contributed by atoms with E-state index in [4.69, 9.17) is 0 Å². The number of fused-ring (bicyclic) bond motifs is 10. The van der Waals surface area contributed by atoms with Crippen LogP contribution in [0.25, 0.3) is 87.7 Å². The van der Waals surface area contributed by atoms with E-state index in [1.165, 1.54) is 93.2 Å². The monoisotopic (exact) mass is 598 g/mol. The van der Waals surface area contributed by atoms with Crippen LogP contribution < -0.4 is 0 Å². The highest BCUT2D eigenvalue weighted by Crippen LogP contribution is 2.42. The molecule has 0 unspecified atom stereocenters. The van der Waals surface area contributed by atoms with Gasteiger partial charge in [0.15, 0.2) is 0 Å². The van der Waals surface area contributed by atoms with Crippen molar-refractivity contribution in [3.05, 3.63) is 169 Å². The first-order valence-corrected chi connectivity index (χ1v) is 16.3. The van der Waals surface area contributed by atoms with Gasteiger partial charge in [-0.1, -0.05) is 115 Å². The number of rotatable bonds is 3. The Bertz CT molecular complexity index is 2840. The van der Waals surface area contributed by atoms with Crippen molar-refractivity contribution < 1.29 is 0 Å². The van der Waals surface area contributed by atoms with Crippen LogP contribution in [0.2, 0.25) is 0 Å². The van der Waals surface area contributed by atoms with Crippen LogP contribution in [0.15, 0.2) is 164 Å². The van der Waals surface area contributed by atoms with Crippen molar-refractivity contribution >= 4 is 65.2 Å². The molecule has 0 aliphatic rings. The van der Waals surface area contributed by atoms with Crippen molar-refractivity contribution in [2.75, 3.05) is 0 Å². The first kappa shape index (κ1) is 26.1. The van der Waals surface area contributed by atoms with Gasteiger partial charge in [0.05, 0.1) is 22.1 Å². The van der Waals surface area contributed by atoms with Gasteiger partial charge in [0, 0.05) is 38.3 Å². The molecular formula is C45H30N2. The summed E-state index contributed by atoms with van der Waals surface area (Å²) >= 11 is 0. The third kappa shape index (κ3) is 3.73. The summed E-state index contributed by atoms with van der Waals surface area (Å²) in [5, 5.41) is 10.3. The molecule has 2 nitrogen and oxygen atoms in total. The fourth-order valence-electron chi connectivity index (χ4n) is 8.00. The highest BCUT2D eigenvalue weighted by Gasteiger charge is 2.19. The number of para-hydroxylation sites is 3. The Morgan fingerprint density at radius 1 is 0.362 bits per heavy atom. The molecule has 2 heteroatoms. The number of aryl methyl sites for hydroxylation is 1. The molecule has 10 rings (SSSR count). The molecule has 0 fully saturated rings. The van der Waals surface area contributed by atoms with Gasteiger partial charge in [-0.05, 0) is 88.3 Å². The topological polar surface area (TPSA) is 9.86 Å². The molecular weight excluding hydrogens is 569 g/mol. The lowest BCUT2D eigenvalue weighted by molar-refractivity contribution is 1.18. The van der Waals surface area contributed by atoms with Gasteiger partial charge in [-0.3, -0.25) is 0 Å². The Hall–Kier alpha value is -6.12. The second kappa shape index (κ2) is 9.94. The van der Waals surface area contributed by atoms with Gasteiger partial charge in [-0.15, -0.1) is 0 Å². The van der Waals surface area contributed by atoms with Crippen LogP contribution in [0.4, 0.5) is 0 Å². The van der Waals surface area contributed by atoms with Crippen molar-refractivity contribution in [2.45, 2.75) is 6.92 Å². The molecule has 0 amide bonds. The summed E-state index contributed by atoms with van der Waals surface area (Å²) in [7, 11) is 0. The third-order valence-electron chi connectivity index (χ3n) is 10.0. The van der Waals surface area contributed by atoms with E-state index in [1.54, 1.807) is 0 Å². The van der Waals surface area contributed by atoms with E-state index in [0.29, 0.717) is 0 Å². The Labute approximate surface area is 272 Å². The van der Waals surface area contributed by atoms with Crippen LogP contribution in [-0.2, 0) is 0 Å². The zero-order valence-electron chi connectivity index (χ0n) is 26.0. The van der Waals surface area contributed by atoms with E-state index >= 15 is 0 Å². The van der Waals surface area contributed by atoms with Crippen LogP contribution in [-0.4, -0.2) is 9.13 Å². The van der Waals surface area contributed by atoms with Gasteiger partial charge >= 0.3 is 0 Å². The van der Waals surface area contributed by atoms with Crippen LogP contribution in [0.3, 0.4) is 0 Å². The third-order valence-corrected chi connectivity index (χ3v) is 10.0. The molecule has 0 aliphatic carbocycles. The molecule has 0 aliphatic heterocycles. The Balaban J connectivity index is 1.28. The summed E-state index contributed by atoms with van der Waals surface area (Å²) in [6.45, 7) is 2.23. The number of hydrogen-bond acceptors (Lipinski definition) is 0. The van der Waals surface area contributed by atoms with Crippen molar-refractivity contribution in [1.82, 2.24) is 9.13 Å². The zero-order chi connectivity index (χ0) is 31.1. The van der Waals surface area contributed by atoms with Gasteiger partial charge in [-0.2, -0.15) is 0 Å². The van der Waals surface area contributed by atoms with Gasteiger partial charge in [0.1, 0.15) is 0 Å². The van der Waals surface area contributed by atoms with Crippen LogP contribution in [0.5, 0.6) is 0 Å². The lowest BCUT2D eigenvalue weighted by Crippen LogP contribution is -1.95. The zero-order valence-corrected chi connectivity index (χ0v) is 26.0. The fourth-order valence-corrected chi connectivity index (χ4v) is 8.00. The number of hydrogen-bond donors (Lipinski definition) is 0. The Morgan fingerprint density at radius 2 is 1.00 bits per heavy atom. The van der Waals surface area contributed by atoms with E-state index in [9.17, 15) is 0 Å². The molecule has 0 atom stereocenters. The van der Waals surface area contributed by atoms with Crippen molar-refractivity contribution in [2.24, 2.45) is 0 Å². The molecule has 0 N–H and O–H groups in total. The summed E-state index contributed by atoms with van der Waals surface area (Å²) in [6.07, 6.45) is 0. The van der Waals surface area contributed by atoms with Crippen LogP contribution >= 0.6 is 0 Å². The van der Waals surface area contributed by atoms with E-state index in [1.807, 2.05) is 0 Å². The molecule has 0 spiro atoms. The molecule has 2 aromatic heterocycles. The minimum atomic E-state index is 1.17. The van der Waals surface area contributed by atoms with E-state index in [2.05, 4.69) is 180 Å². The Morgan fingerprint density at radius 3 is 1.79 bits per heavy atom. The van der Waals surface area contributed by atoms with Gasteiger partial charge < -0.3 is 9.13 Å². The summed E-state index contributed by atoms with van der Waals surface area (Å²) in [5.41, 5.74) is 11.0. The summed E-state index contributed by atoms with van der Waals surface area (Å²) in [5.74, 6) is 0. The number of nitrogens with zero attached hydrogens (tertiary/aromatic N) is 2. The largest absolute Gasteiger partial charge is 0.309 e. The maximum absolute atomic E-state index is 2.47. The van der Waals surface area contributed by atoms with E-state index in [-0.39, 0.29) is 0 Å². The van der Waals surface area contributed by atoms with Gasteiger partial charge in [-0.25, -0.2) is 0 Å². The maximum Gasteiger partial charge on any atom is 0.0619 e. The minimum absolute atomic E-state index is 1.17. The van der Waals surface area contributed by atoms with Crippen LogP contribution in [0.1, 0.15) is 5.56 Å². The number of aromatic nitrogens is 2. The molecule has 220 valence electrons. The first-order chi connectivity index (χ1) is 23.3. The SMILES string of the molecule is Cc1cc2c3ccc(-c4cccc5c4ccc4c5c5ccccc5n4-c4ccccc4)cc3n(-c3ccccc3)c2c2ccccc12. The summed E-state index contributed by atoms with van der Waals surface area (Å²) in [6, 6.07) is 59.9. The molecule has 0 radical (unpaired) electrons. The highest BCUT2D eigenvalue weighted by atomic mass is 15.0. The highest BCUT2D eigenvalue weighted by molar-refractivity contribution is 6.24. The smallest absolute Gasteiger partial charge is 0.0619 e. The van der Waals surface area contributed by atoms with Gasteiger partial charge in [0.25, 0.3) is 0 Å². The second-order valence-electron chi connectivity index (χ2n) is 12.6. The summed E-state index contributed by atoms with van der Waals surface area (Å²) in [4.78, 5) is 0. The standard InChI is InChI=1S/C45H30N2/c1-29-27-40-36-24-23-30(28-43(36)47(32-15-6-3-7-16-32)45(40)38-18-9-8-17-33(29)38)34-20-12-21-37-35(34)25-26-42-44(37)39-19-10-11-22-41(39)46(42)31-13-4-2-5-14-31/h2-28H,1H3. The molecule has 0 saturated heterocycles. The molecule has 10 aromatic rings. The first-order valence-electron chi connectivity index (χ1n) is 16.3. The van der Waals surface area contributed by atoms with Crippen molar-refractivity contribution in [3.63, 3.8) is 0 Å². The minimum Gasteiger partial charge on any atom is -0.309 e. The quantitative estimate of drug-likeness (QED) is 0.191. The normalized spacial score (nSPS) is 11.9. The predicted molar refractivity (Wildman–Crippen MR) is 200 cm³/mol. The average molecular weight is 599 g/mol. The molecule has 2 heterocycles. The van der Waals surface area contributed by atoms with Crippen molar-refractivity contribution in [1.29, 1.82) is 0 Å². The van der Waals surface area contributed by atoms with Crippen molar-refractivity contribution in [3.8, 4) is 22.5 Å². The molecule has 0 saturated carbocycles. The predicted octanol–water partition coefficient (Wildman–Crippen LogP) is 12.2. The van der Waals surface area contributed by atoms with E-state index in [0.717, 1.165) is 0 Å². The van der Waals surface area contributed by atoms with E-state index < -0.39 is 0 Å².